The second-order valence-electron chi connectivity index (χ2n) is 3.85. The van der Waals surface area contributed by atoms with Gasteiger partial charge in [-0.1, -0.05) is 13.3 Å². The van der Waals surface area contributed by atoms with E-state index in [1.807, 2.05) is 6.92 Å². The normalized spacial score (nSPS) is 13.2. The maximum Gasteiger partial charge on any atom is 0.405 e. The van der Waals surface area contributed by atoms with E-state index in [4.69, 9.17) is 5.11 Å². The predicted octanol–water partition coefficient (Wildman–Crippen LogP) is 1.65. The van der Waals surface area contributed by atoms with Crippen molar-refractivity contribution in [1.29, 1.82) is 0 Å². The molecule has 0 spiro atoms. The molecule has 7 heteroatoms. The van der Waals surface area contributed by atoms with Crippen LogP contribution in [0.15, 0.2) is 0 Å². The lowest BCUT2D eigenvalue weighted by Crippen LogP contribution is -2.42. The highest BCUT2D eigenvalue weighted by Gasteiger charge is 2.27. The quantitative estimate of drug-likeness (QED) is 0.648. The van der Waals surface area contributed by atoms with Crippen molar-refractivity contribution in [2.24, 2.45) is 5.92 Å². The Morgan fingerprint density at radius 1 is 1.29 bits per heavy atom. The van der Waals surface area contributed by atoms with Crippen molar-refractivity contribution < 1.29 is 23.1 Å². The Kier molecular flexibility index (Phi) is 7.69. The van der Waals surface area contributed by atoms with Crippen molar-refractivity contribution in [2.75, 3.05) is 19.7 Å². The number of aliphatic hydroxyl groups excluding tert-OH is 1. The molecule has 0 radical (unpaired) electrons. The van der Waals surface area contributed by atoms with Gasteiger partial charge in [0.2, 0.25) is 0 Å². The number of nitrogens with one attached hydrogen (secondary N) is 2. The molecular formula is C10H19F3N2O2. The Morgan fingerprint density at radius 3 is 2.41 bits per heavy atom. The fourth-order valence-electron chi connectivity index (χ4n) is 1.42. The number of carbonyl (C=O) groups is 1. The number of hydrogen-bond acceptors (Lipinski definition) is 2. The van der Waals surface area contributed by atoms with Crippen molar-refractivity contribution in [1.82, 2.24) is 10.6 Å². The fourth-order valence-corrected chi connectivity index (χ4v) is 1.42. The molecule has 0 aromatic carbocycles. The maximum atomic E-state index is 11.8. The Balaban J connectivity index is 3.79. The second-order valence-corrected chi connectivity index (χ2v) is 3.85. The average molecular weight is 256 g/mol. The van der Waals surface area contributed by atoms with Crippen LogP contribution in [-0.4, -0.2) is 37.0 Å². The van der Waals surface area contributed by atoms with Gasteiger partial charge in [-0.05, 0) is 18.8 Å². The number of urea groups is 1. The summed E-state index contributed by atoms with van der Waals surface area (Å²) in [6.45, 7) is 0.917. The fraction of sp³-hybridized carbons (Fsp3) is 0.900. The van der Waals surface area contributed by atoms with Gasteiger partial charge in [-0.2, -0.15) is 13.2 Å². The third-order valence-electron chi connectivity index (χ3n) is 2.23. The number of halogens is 3. The lowest BCUT2D eigenvalue weighted by atomic mass is 10.0. The SMILES string of the molecule is CCCC(CCO)CNC(=O)NCC(F)(F)F. The van der Waals surface area contributed by atoms with Crippen LogP contribution in [0.4, 0.5) is 18.0 Å². The third kappa shape index (κ3) is 9.92. The van der Waals surface area contributed by atoms with Crippen molar-refractivity contribution in [3.63, 3.8) is 0 Å². The second kappa shape index (κ2) is 8.16. The van der Waals surface area contributed by atoms with Crippen LogP contribution in [0.5, 0.6) is 0 Å². The van der Waals surface area contributed by atoms with E-state index in [0.717, 1.165) is 12.8 Å². The summed E-state index contributed by atoms with van der Waals surface area (Å²) in [7, 11) is 0. The highest BCUT2D eigenvalue weighted by Crippen LogP contribution is 2.12. The molecule has 0 fully saturated rings. The molecular weight excluding hydrogens is 237 g/mol. The molecule has 0 aliphatic rings. The summed E-state index contributed by atoms with van der Waals surface area (Å²) in [5.41, 5.74) is 0. The minimum atomic E-state index is -4.40. The van der Waals surface area contributed by atoms with Gasteiger partial charge < -0.3 is 15.7 Å². The summed E-state index contributed by atoms with van der Waals surface area (Å²) >= 11 is 0. The first-order valence-corrected chi connectivity index (χ1v) is 5.58. The van der Waals surface area contributed by atoms with Gasteiger partial charge in [-0.25, -0.2) is 4.79 Å². The first-order chi connectivity index (χ1) is 7.89. The first-order valence-electron chi connectivity index (χ1n) is 5.58. The van der Waals surface area contributed by atoms with Gasteiger partial charge in [0, 0.05) is 13.2 Å². The molecule has 0 saturated carbocycles. The molecule has 0 rings (SSSR count). The van der Waals surface area contributed by atoms with Crippen LogP contribution in [-0.2, 0) is 0 Å². The van der Waals surface area contributed by atoms with E-state index < -0.39 is 18.8 Å². The van der Waals surface area contributed by atoms with Crippen LogP contribution >= 0.6 is 0 Å². The summed E-state index contributed by atoms with van der Waals surface area (Å²) < 4.78 is 35.3. The van der Waals surface area contributed by atoms with E-state index in [9.17, 15) is 18.0 Å². The molecule has 102 valence electrons. The highest BCUT2D eigenvalue weighted by atomic mass is 19.4. The molecule has 0 aliphatic carbocycles. The van der Waals surface area contributed by atoms with Crippen LogP contribution < -0.4 is 10.6 Å². The van der Waals surface area contributed by atoms with E-state index >= 15 is 0 Å². The molecule has 0 bridgehead atoms. The van der Waals surface area contributed by atoms with Crippen LogP contribution in [0.1, 0.15) is 26.2 Å². The Labute approximate surface area is 98.6 Å². The topological polar surface area (TPSA) is 61.4 Å². The van der Waals surface area contributed by atoms with Crippen LogP contribution in [0.25, 0.3) is 0 Å². The molecule has 0 saturated heterocycles. The summed E-state index contributed by atoms with van der Waals surface area (Å²) in [5, 5.41) is 12.8. The maximum absolute atomic E-state index is 11.8. The molecule has 0 aromatic heterocycles. The van der Waals surface area contributed by atoms with Gasteiger partial charge in [0.25, 0.3) is 0 Å². The van der Waals surface area contributed by atoms with Gasteiger partial charge in [0.1, 0.15) is 6.54 Å². The average Bonchev–Trinajstić information content (AvgIpc) is 2.23. The standard InChI is InChI=1S/C10H19F3N2O2/c1-2-3-8(4-5-16)6-14-9(17)15-7-10(11,12)13/h8,16H,2-7H2,1H3,(H2,14,15,17). The molecule has 1 unspecified atom stereocenters. The molecule has 3 N–H and O–H groups in total. The van der Waals surface area contributed by atoms with E-state index in [2.05, 4.69) is 5.32 Å². The third-order valence-corrected chi connectivity index (χ3v) is 2.23. The number of alkyl halides is 3. The molecule has 4 nitrogen and oxygen atoms in total. The lowest BCUT2D eigenvalue weighted by molar-refractivity contribution is -0.122. The van der Waals surface area contributed by atoms with E-state index in [1.165, 1.54) is 0 Å². The van der Waals surface area contributed by atoms with Crippen LogP contribution in [0.2, 0.25) is 0 Å². The predicted molar refractivity (Wildman–Crippen MR) is 57.6 cm³/mol. The summed E-state index contributed by atoms with van der Waals surface area (Å²) in [4.78, 5) is 11.0. The Hall–Kier alpha value is -0.980. The Bertz CT molecular complexity index is 216. The van der Waals surface area contributed by atoms with Gasteiger partial charge in [0.15, 0.2) is 0 Å². The van der Waals surface area contributed by atoms with E-state index in [1.54, 1.807) is 5.32 Å². The minimum Gasteiger partial charge on any atom is -0.396 e. The summed E-state index contributed by atoms with van der Waals surface area (Å²) in [6.07, 6.45) is -2.14. The van der Waals surface area contributed by atoms with E-state index in [0.29, 0.717) is 6.42 Å². The largest absolute Gasteiger partial charge is 0.405 e. The van der Waals surface area contributed by atoms with Crippen LogP contribution in [0.3, 0.4) is 0 Å². The van der Waals surface area contributed by atoms with E-state index in [-0.39, 0.29) is 19.1 Å². The van der Waals surface area contributed by atoms with Gasteiger partial charge in [-0.15, -0.1) is 0 Å². The molecule has 0 aliphatic heterocycles. The summed E-state index contributed by atoms with van der Waals surface area (Å²) in [6, 6.07) is -0.832. The highest BCUT2D eigenvalue weighted by molar-refractivity contribution is 5.73. The molecule has 0 heterocycles. The molecule has 1 atom stereocenters. The number of amides is 2. The molecule has 0 aromatic rings. The lowest BCUT2D eigenvalue weighted by Gasteiger charge is -2.16. The molecule has 2 amide bonds. The van der Waals surface area contributed by atoms with Crippen molar-refractivity contribution in [3.05, 3.63) is 0 Å². The zero-order valence-corrected chi connectivity index (χ0v) is 9.81. The number of hydrogen-bond donors (Lipinski definition) is 3. The number of aliphatic hydroxyl groups is 1. The molecule has 17 heavy (non-hydrogen) atoms. The number of rotatable bonds is 7. The smallest absolute Gasteiger partial charge is 0.396 e. The zero-order valence-electron chi connectivity index (χ0n) is 9.81. The summed E-state index contributed by atoms with van der Waals surface area (Å²) in [5.74, 6) is 0.0987. The van der Waals surface area contributed by atoms with Gasteiger partial charge >= 0.3 is 12.2 Å². The van der Waals surface area contributed by atoms with Crippen molar-refractivity contribution in [2.45, 2.75) is 32.4 Å². The monoisotopic (exact) mass is 256 g/mol. The van der Waals surface area contributed by atoms with Crippen LogP contribution in [0, 0.1) is 5.92 Å². The first kappa shape index (κ1) is 16.0. The minimum absolute atomic E-state index is 0.0104. The Morgan fingerprint density at radius 2 is 1.94 bits per heavy atom. The van der Waals surface area contributed by atoms with Gasteiger partial charge in [-0.3, -0.25) is 0 Å². The van der Waals surface area contributed by atoms with Crippen molar-refractivity contribution >= 4 is 6.03 Å². The zero-order chi connectivity index (χ0) is 13.3. The van der Waals surface area contributed by atoms with Gasteiger partial charge in [0.05, 0.1) is 0 Å². The van der Waals surface area contributed by atoms with Crippen molar-refractivity contribution in [3.8, 4) is 0 Å². The number of carbonyl (C=O) groups excluding carboxylic acids is 1.